The van der Waals surface area contributed by atoms with Crippen LogP contribution in [0.1, 0.15) is 11.1 Å². The summed E-state index contributed by atoms with van der Waals surface area (Å²) in [5, 5.41) is 3.41. The molecule has 0 amide bonds. The minimum atomic E-state index is 0.501. The first-order valence-corrected chi connectivity index (χ1v) is 11.2. The smallest absolute Gasteiger partial charge is 0.203 e. The van der Waals surface area contributed by atoms with E-state index in [0.29, 0.717) is 30.5 Å². The quantitative estimate of drug-likeness (QED) is 0.637. The van der Waals surface area contributed by atoms with E-state index in [4.69, 9.17) is 18.9 Å². The number of fused-ring (bicyclic) bond motifs is 3. The van der Waals surface area contributed by atoms with E-state index in [-0.39, 0.29) is 0 Å². The molecule has 0 unspecified atom stereocenters. The Labute approximate surface area is 194 Å². The third-order valence-corrected chi connectivity index (χ3v) is 6.40. The summed E-state index contributed by atoms with van der Waals surface area (Å²) in [5.74, 6) is 1.79. The monoisotopic (exact) mass is 447 g/mol. The SMILES string of the molecule is COc1cc(-c2cncc3c2COCc2cc(N4CCNCC4)ccc2-3)cc(OC)c1OC. The van der Waals surface area contributed by atoms with E-state index in [9.17, 15) is 0 Å². The lowest BCUT2D eigenvalue weighted by Gasteiger charge is -2.30. The fourth-order valence-electron chi connectivity index (χ4n) is 4.71. The first kappa shape index (κ1) is 21.6. The minimum absolute atomic E-state index is 0.501. The number of hydrogen-bond acceptors (Lipinski definition) is 7. The molecule has 7 heteroatoms. The zero-order valence-electron chi connectivity index (χ0n) is 19.3. The number of hydrogen-bond donors (Lipinski definition) is 1. The molecule has 33 heavy (non-hydrogen) atoms. The molecule has 7 nitrogen and oxygen atoms in total. The van der Waals surface area contributed by atoms with E-state index in [0.717, 1.165) is 48.4 Å². The van der Waals surface area contributed by atoms with Crippen molar-refractivity contribution in [2.24, 2.45) is 0 Å². The minimum Gasteiger partial charge on any atom is -0.493 e. The third-order valence-electron chi connectivity index (χ3n) is 6.40. The van der Waals surface area contributed by atoms with Crippen molar-refractivity contribution in [3.63, 3.8) is 0 Å². The highest BCUT2D eigenvalue weighted by atomic mass is 16.5. The number of pyridine rings is 1. The summed E-state index contributed by atoms with van der Waals surface area (Å²) in [4.78, 5) is 7.02. The average molecular weight is 448 g/mol. The molecule has 0 spiro atoms. The summed E-state index contributed by atoms with van der Waals surface area (Å²) < 4.78 is 22.8. The molecule has 1 N–H and O–H groups in total. The first-order chi connectivity index (χ1) is 16.2. The number of rotatable bonds is 5. The molecule has 0 bridgehead atoms. The maximum atomic E-state index is 6.16. The summed E-state index contributed by atoms with van der Waals surface area (Å²) in [6.07, 6.45) is 3.82. The molecule has 0 saturated carbocycles. The predicted molar refractivity (Wildman–Crippen MR) is 128 cm³/mol. The van der Waals surface area contributed by atoms with Gasteiger partial charge in [-0.15, -0.1) is 0 Å². The Morgan fingerprint density at radius 1 is 0.848 bits per heavy atom. The van der Waals surface area contributed by atoms with Gasteiger partial charge in [0.1, 0.15) is 0 Å². The number of nitrogens with zero attached hydrogens (tertiary/aromatic N) is 2. The fraction of sp³-hybridized carbons (Fsp3) is 0.346. The van der Waals surface area contributed by atoms with E-state index >= 15 is 0 Å². The number of anilines is 1. The van der Waals surface area contributed by atoms with Crippen LogP contribution in [0.25, 0.3) is 22.3 Å². The van der Waals surface area contributed by atoms with E-state index in [1.807, 2.05) is 24.5 Å². The summed E-state index contributed by atoms with van der Waals surface area (Å²) in [6.45, 7) is 5.13. The maximum absolute atomic E-state index is 6.16. The molecule has 172 valence electrons. The standard InChI is InChI=1S/C26H29N3O4/c1-30-24-11-17(12-25(31-2)26(24)32-3)21-13-28-14-22-20-5-4-19(29-8-6-27-7-9-29)10-18(20)15-33-16-23(21)22/h4-5,10-14,27H,6-9,15-16H2,1-3H3. The van der Waals surface area contributed by atoms with Crippen LogP contribution in [0.5, 0.6) is 17.2 Å². The van der Waals surface area contributed by atoms with Gasteiger partial charge in [0.25, 0.3) is 0 Å². The van der Waals surface area contributed by atoms with Crippen LogP contribution in [0.2, 0.25) is 0 Å². The van der Waals surface area contributed by atoms with Crippen molar-refractivity contribution in [3.8, 4) is 39.5 Å². The molecular weight excluding hydrogens is 418 g/mol. The molecule has 0 radical (unpaired) electrons. The highest BCUT2D eigenvalue weighted by Crippen LogP contribution is 2.44. The number of methoxy groups -OCH3 is 3. The molecule has 1 fully saturated rings. The highest BCUT2D eigenvalue weighted by molar-refractivity contribution is 5.82. The van der Waals surface area contributed by atoms with Crippen molar-refractivity contribution in [1.82, 2.24) is 10.3 Å². The topological polar surface area (TPSA) is 65.1 Å². The number of aromatic nitrogens is 1. The molecule has 0 atom stereocenters. The molecule has 5 rings (SSSR count). The lowest BCUT2D eigenvalue weighted by atomic mass is 9.92. The number of nitrogens with one attached hydrogen (secondary N) is 1. The normalized spacial score (nSPS) is 15.3. The largest absolute Gasteiger partial charge is 0.493 e. The molecule has 3 heterocycles. The lowest BCUT2D eigenvalue weighted by Crippen LogP contribution is -2.43. The van der Waals surface area contributed by atoms with Crippen LogP contribution >= 0.6 is 0 Å². The van der Waals surface area contributed by atoms with Crippen molar-refractivity contribution < 1.29 is 18.9 Å². The Balaban J connectivity index is 1.59. The number of piperazine rings is 1. The van der Waals surface area contributed by atoms with Crippen molar-refractivity contribution in [3.05, 3.63) is 53.9 Å². The van der Waals surface area contributed by atoms with Gasteiger partial charge >= 0.3 is 0 Å². The zero-order chi connectivity index (χ0) is 22.8. The first-order valence-electron chi connectivity index (χ1n) is 11.2. The Morgan fingerprint density at radius 3 is 2.27 bits per heavy atom. The second-order valence-electron chi connectivity index (χ2n) is 8.20. The Bertz CT molecular complexity index is 1130. The maximum Gasteiger partial charge on any atom is 0.203 e. The van der Waals surface area contributed by atoms with Crippen molar-refractivity contribution >= 4 is 5.69 Å². The average Bonchev–Trinajstić information content (AvgIpc) is 3.07. The fourth-order valence-corrected chi connectivity index (χ4v) is 4.71. The molecule has 1 saturated heterocycles. The van der Waals surface area contributed by atoms with E-state index in [1.54, 1.807) is 21.3 Å². The molecular formula is C26H29N3O4. The van der Waals surface area contributed by atoms with Gasteiger partial charge in [0.2, 0.25) is 5.75 Å². The van der Waals surface area contributed by atoms with Gasteiger partial charge in [-0.25, -0.2) is 0 Å². The Hall–Kier alpha value is -3.29. The summed E-state index contributed by atoms with van der Waals surface area (Å²) >= 11 is 0. The van der Waals surface area contributed by atoms with Crippen LogP contribution in [0.3, 0.4) is 0 Å². The highest BCUT2D eigenvalue weighted by Gasteiger charge is 2.22. The van der Waals surface area contributed by atoms with Crippen LogP contribution in [0.4, 0.5) is 5.69 Å². The van der Waals surface area contributed by atoms with E-state index < -0.39 is 0 Å². The lowest BCUT2D eigenvalue weighted by molar-refractivity contribution is 0.110. The van der Waals surface area contributed by atoms with Gasteiger partial charge in [-0.1, -0.05) is 6.07 Å². The van der Waals surface area contributed by atoms with Gasteiger partial charge in [-0.2, -0.15) is 0 Å². The van der Waals surface area contributed by atoms with Gasteiger partial charge in [0.15, 0.2) is 11.5 Å². The van der Waals surface area contributed by atoms with Crippen LogP contribution in [-0.4, -0.2) is 52.5 Å². The molecule has 2 aliphatic heterocycles. The predicted octanol–water partition coefficient (Wildman–Crippen LogP) is 3.88. The summed E-state index contributed by atoms with van der Waals surface area (Å²) in [5.41, 5.74) is 7.74. The van der Waals surface area contributed by atoms with Gasteiger partial charge in [-0.05, 0) is 46.5 Å². The van der Waals surface area contributed by atoms with Gasteiger partial charge in [-0.3, -0.25) is 4.98 Å². The van der Waals surface area contributed by atoms with Crippen LogP contribution in [0, 0.1) is 0 Å². The molecule has 2 aromatic carbocycles. The molecule has 2 aliphatic rings. The second-order valence-corrected chi connectivity index (χ2v) is 8.20. The van der Waals surface area contributed by atoms with Gasteiger partial charge in [0, 0.05) is 55.4 Å². The van der Waals surface area contributed by atoms with Crippen LogP contribution in [0.15, 0.2) is 42.7 Å². The number of ether oxygens (including phenoxy) is 4. The summed E-state index contributed by atoms with van der Waals surface area (Å²) in [7, 11) is 4.86. The van der Waals surface area contributed by atoms with Gasteiger partial charge in [0.05, 0.1) is 34.5 Å². The van der Waals surface area contributed by atoms with Crippen molar-refractivity contribution in [2.75, 3.05) is 52.4 Å². The van der Waals surface area contributed by atoms with Crippen LogP contribution in [-0.2, 0) is 18.0 Å². The van der Waals surface area contributed by atoms with Crippen LogP contribution < -0.4 is 24.4 Å². The second kappa shape index (κ2) is 9.29. The van der Waals surface area contributed by atoms with Gasteiger partial charge < -0.3 is 29.2 Å². The Kier molecular flexibility index (Phi) is 6.07. The third kappa shape index (κ3) is 3.98. The zero-order valence-corrected chi connectivity index (χ0v) is 19.3. The summed E-state index contributed by atoms with van der Waals surface area (Å²) in [6, 6.07) is 10.6. The molecule has 0 aliphatic carbocycles. The molecule has 1 aromatic heterocycles. The molecule has 3 aromatic rings. The Morgan fingerprint density at radius 2 is 1.58 bits per heavy atom. The van der Waals surface area contributed by atoms with E-state index in [2.05, 4.69) is 33.4 Å². The van der Waals surface area contributed by atoms with Crippen molar-refractivity contribution in [1.29, 1.82) is 0 Å². The number of benzene rings is 2. The van der Waals surface area contributed by atoms with E-state index in [1.165, 1.54) is 16.8 Å². The van der Waals surface area contributed by atoms with Crippen molar-refractivity contribution in [2.45, 2.75) is 13.2 Å².